The van der Waals surface area contributed by atoms with E-state index < -0.39 is 0 Å². The third-order valence-corrected chi connectivity index (χ3v) is 5.67. The molecule has 0 aromatic heterocycles. The first-order valence-electron chi connectivity index (χ1n) is 9.25. The molecule has 0 spiro atoms. The van der Waals surface area contributed by atoms with Gasteiger partial charge in [0.2, 0.25) is 5.91 Å². The molecule has 3 unspecified atom stereocenters. The van der Waals surface area contributed by atoms with E-state index >= 15 is 0 Å². The molecule has 2 aliphatic rings. The van der Waals surface area contributed by atoms with Gasteiger partial charge in [0, 0.05) is 31.1 Å². The predicted molar refractivity (Wildman–Crippen MR) is 94.0 cm³/mol. The van der Waals surface area contributed by atoms with Crippen LogP contribution in [0.5, 0.6) is 0 Å². The van der Waals surface area contributed by atoms with Crippen molar-refractivity contribution >= 4 is 5.91 Å². The second-order valence-electron chi connectivity index (χ2n) is 7.44. The van der Waals surface area contributed by atoms with E-state index in [1.54, 1.807) is 0 Å². The largest absolute Gasteiger partial charge is 0.336 e. The second kappa shape index (κ2) is 7.48. The molecule has 3 heteroatoms. The van der Waals surface area contributed by atoms with Gasteiger partial charge in [-0.15, -0.1) is 0 Å². The zero-order chi connectivity index (χ0) is 16.2. The summed E-state index contributed by atoms with van der Waals surface area (Å²) in [6, 6.07) is 12.0. The second-order valence-corrected chi connectivity index (χ2v) is 7.44. The number of carbonyl (C=O) groups excluding carboxylic acids is 1. The summed E-state index contributed by atoms with van der Waals surface area (Å²) in [6.45, 7) is 5.08. The number of rotatable bonds is 6. The summed E-state index contributed by atoms with van der Waals surface area (Å²) in [5, 5.41) is 3.67. The lowest BCUT2D eigenvalue weighted by Gasteiger charge is -2.33. The monoisotopic (exact) mass is 314 g/mol. The molecule has 2 saturated heterocycles. The molecule has 1 aromatic carbocycles. The van der Waals surface area contributed by atoms with Crippen molar-refractivity contribution in [2.24, 2.45) is 5.92 Å². The number of fused-ring (bicyclic) bond motifs is 2. The summed E-state index contributed by atoms with van der Waals surface area (Å²) in [7, 11) is 0. The fourth-order valence-electron chi connectivity index (χ4n) is 4.20. The average molecular weight is 314 g/mol. The van der Waals surface area contributed by atoms with Crippen molar-refractivity contribution in [3.05, 3.63) is 35.9 Å². The van der Waals surface area contributed by atoms with Gasteiger partial charge in [0.05, 0.1) is 0 Å². The molecule has 2 bridgehead atoms. The summed E-state index contributed by atoms with van der Waals surface area (Å²) in [5.41, 5.74) is 1.23. The first kappa shape index (κ1) is 16.5. The van der Waals surface area contributed by atoms with Crippen LogP contribution in [0.4, 0.5) is 0 Å². The molecule has 1 N–H and O–H groups in total. The summed E-state index contributed by atoms with van der Waals surface area (Å²) in [4.78, 5) is 15.1. The van der Waals surface area contributed by atoms with Gasteiger partial charge >= 0.3 is 0 Å². The number of amides is 1. The van der Waals surface area contributed by atoms with E-state index in [-0.39, 0.29) is 0 Å². The Kier molecular flexibility index (Phi) is 5.37. The van der Waals surface area contributed by atoms with Crippen LogP contribution in [-0.4, -0.2) is 28.9 Å². The maximum Gasteiger partial charge on any atom is 0.223 e. The highest BCUT2D eigenvalue weighted by Gasteiger charge is 2.35. The minimum Gasteiger partial charge on any atom is -0.336 e. The summed E-state index contributed by atoms with van der Waals surface area (Å²) in [5.74, 6) is 0.915. The van der Waals surface area contributed by atoms with Crippen LogP contribution in [0.15, 0.2) is 30.3 Å². The van der Waals surface area contributed by atoms with Crippen LogP contribution in [0.25, 0.3) is 0 Å². The van der Waals surface area contributed by atoms with Crippen LogP contribution in [-0.2, 0) is 11.3 Å². The molecule has 0 aliphatic carbocycles. The Bertz CT molecular complexity index is 504. The number of piperidine rings is 1. The Balaban J connectivity index is 1.63. The maximum atomic E-state index is 13.0. The van der Waals surface area contributed by atoms with Crippen LogP contribution in [0, 0.1) is 5.92 Å². The Morgan fingerprint density at radius 3 is 2.48 bits per heavy atom. The van der Waals surface area contributed by atoms with Gasteiger partial charge in [0.1, 0.15) is 0 Å². The molecule has 3 atom stereocenters. The van der Waals surface area contributed by atoms with Gasteiger partial charge in [-0.3, -0.25) is 4.79 Å². The van der Waals surface area contributed by atoms with E-state index in [2.05, 4.69) is 48.3 Å². The number of benzene rings is 1. The molecular formula is C20H30N2O. The molecule has 0 saturated carbocycles. The molecule has 3 nitrogen and oxygen atoms in total. The van der Waals surface area contributed by atoms with E-state index in [0.29, 0.717) is 30.0 Å². The zero-order valence-corrected chi connectivity index (χ0v) is 14.5. The molecule has 1 amide bonds. The third-order valence-electron chi connectivity index (χ3n) is 5.67. The normalized spacial score (nSPS) is 27.7. The van der Waals surface area contributed by atoms with E-state index in [4.69, 9.17) is 0 Å². The van der Waals surface area contributed by atoms with Crippen LogP contribution >= 0.6 is 0 Å². The minimum absolute atomic E-state index is 0.307. The van der Waals surface area contributed by atoms with Gasteiger partial charge < -0.3 is 10.2 Å². The first-order valence-corrected chi connectivity index (χ1v) is 9.25. The van der Waals surface area contributed by atoms with Crippen molar-refractivity contribution in [2.45, 2.75) is 77.0 Å². The fourth-order valence-corrected chi connectivity index (χ4v) is 4.20. The van der Waals surface area contributed by atoms with E-state index in [0.717, 1.165) is 19.4 Å². The Labute approximate surface area is 140 Å². The number of hydrogen-bond acceptors (Lipinski definition) is 2. The van der Waals surface area contributed by atoms with E-state index in [9.17, 15) is 4.79 Å². The Hall–Kier alpha value is -1.35. The van der Waals surface area contributed by atoms with Crippen molar-refractivity contribution in [1.82, 2.24) is 10.2 Å². The van der Waals surface area contributed by atoms with Crippen molar-refractivity contribution in [3.63, 3.8) is 0 Å². The van der Waals surface area contributed by atoms with Gasteiger partial charge in [0.15, 0.2) is 0 Å². The summed E-state index contributed by atoms with van der Waals surface area (Å²) in [6.07, 6.45) is 6.70. The SMILES string of the molecule is CCC(C)N(Cc1ccccc1)C(=O)CC1CC2CCC(C1)N2. The standard InChI is InChI=1S/C20H30N2O/c1-3-15(2)22(14-16-7-5-4-6-8-16)20(23)13-17-11-18-9-10-19(12-17)21-18/h4-8,15,17-19,21H,3,9-14H2,1-2H3. The van der Waals surface area contributed by atoms with Gasteiger partial charge in [0.25, 0.3) is 0 Å². The van der Waals surface area contributed by atoms with Crippen molar-refractivity contribution in [2.75, 3.05) is 0 Å². The smallest absolute Gasteiger partial charge is 0.223 e. The highest BCUT2D eigenvalue weighted by molar-refractivity contribution is 5.76. The van der Waals surface area contributed by atoms with Crippen LogP contribution in [0.1, 0.15) is 57.9 Å². The van der Waals surface area contributed by atoms with Gasteiger partial charge in [-0.05, 0) is 50.5 Å². The van der Waals surface area contributed by atoms with E-state index in [1.165, 1.54) is 31.2 Å². The molecule has 23 heavy (non-hydrogen) atoms. The highest BCUT2D eigenvalue weighted by atomic mass is 16.2. The molecule has 0 radical (unpaired) electrons. The molecule has 2 fully saturated rings. The molecule has 2 heterocycles. The number of nitrogens with one attached hydrogen (secondary N) is 1. The molecule has 3 rings (SSSR count). The van der Waals surface area contributed by atoms with Crippen LogP contribution in [0.2, 0.25) is 0 Å². The number of hydrogen-bond donors (Lipinski definition) is 1. The predicted octanol–water partition coefficient (Wildman–Crippen LogP) is 3.73. The van der Waals surface area contributed by atoms with Gasteiger partial charge in [-0.2, -0.15) is 0 Å². The molecular weight excluding hydrogens is 284 g/mol. The lowest BCUT2D eigenvalue weighted by atomic mass is 9.89. The average Bonchev–Trinajstić information content (AvgIpc) is 2.91. The lowest BCUT2D eigenvalue weighted by Crippen LogP contribution is -2.42. The number of carbonyl (C=O) groups is 1. The Morgan fingerprint density at radius 2 is 1.87 bits per heavy atom. The lowest BCUT2D eigenvalue weighted by molar-refractivity contribution is -0.135. The van der Waals surface area contributed by atoms with Crippen LogP contribution in [0.3, 0.4) is 0 Å². The quantitative estimate of drug-likeness (QED) is 0.867. The molecule has 1 aromatic rings. The van der Waals surface area contributed by atoms with Crippen LogP contribution < -0.4 is 5.32 Å². The summed E-state index contributed by atoms with van der Waals surface area (Å²) >= 11 is 0. The molecule has 126 valence electrons. The first-order chi connectivity index (χ1) is 11.2. The van der Waals surface area contributed by atoms with Crippen molar-refractivity contribution < 1.29 is 4.79 Å². The van der Waals surface area contributed by atoms with Crippen molar-refractivity contribution in [1.29, 1.82) is 0 Å². The maximum absolute atomic E-state index is 13.0. The molecule has 2 aliphatic heterocycles. The van der Waals surface area contributed by atoms with Gasteiger partial charge in [-0.25, -0.2) is 0 Å². The zero-order valence-electron chi connectivity index (χ0n) is 14.5. The van der Waals surface area contributed by atoms with E-state index in [1.807, 2.05) is 6.07 Å². The summed E-state index contributed by atoms with van der Waals surface area (Å²) < 4.78 is 0. The third kappa shape index (κ3) is 4.14. The fraction of sp³-hybridized carbons (Fsp3) is 0.650. The minimum atomic E-state index is 0.307. The van der Waals surface area contributed by atoms with Gasteiger partial charge in [-0.1, -0.05) is 37.3 Å². The van der Waals surface area contributed by atoms with Crippen molar-refractivity contribution in [3.8, 4) is 0 Å². The highest BCUT2D eigenvalue weighted by Crippen LogP contribution is 2.33. The topological polar surface area (TPSA) is 32.3 Å². The number of nitrogens with zero attached hydrogens (tertiary/aromatic N) is 1. The Morgan fingerprint density at radius 1 is 1.22 bits per heavy atom.